The highest BCUT2D eigenvalue weighted by Crippen LogP contribution is 2.26. The first kappa shape index (κ1) is 18.9. The molecule has 5 nitrogen and oxygen atoms in total. The Morgan fingerprint density at radius 1 is 0.966 bits per heavy atom. The number of hydrogen-bond donors (Lipinski definition) is 1. The number of benzene rings is 2. The van der Waals surface area contributed by atoms with Crippen molar-refractivity contribution in [3.63, 3.8) is 0 Å². The molecular formula is C24H24N4O. The van der Waals surface area contributed by atoms with E-state index in [1.807, 2.05) is 57.3 Å². The number of amides is 1. The summed E-state index contributed by atoms with van der Waals surface area (Å²) in [5.41, 5.74) is 6.17. The average molecular weight is 384 g/mol. The quantitative estimate of drug-likeness (QED) is 0.567. The Hall–Kier alpha value is -3.47. The maximum atomic E-state index is 13.4. The predicted molar refractivity (Wildman–Crippen MR) is 115 cm³/mol. The topological polar surface area (TPSA) is 59.8 Å². The van der Waals surface area contributed by atoms with Crippen molar-refractivity contribution in [3.05, 3.63) is 94.3 Å². The molecule has 1 unspecified atom stereocenters. The van der Waals surface area contributed by atoms with Gasteiger partial charge in [-0.15, -0.1) is 0 Å². The molecule has 0 aliphatic heterocycles. The highest BCUT2D eigenvalue weighted by Gasteiger charge is 2.22. The zero-order valence-corrected chi connectivity index (χ0v) is 17.1. The van der Waals surface area contributed by atoms with Crippen LogP contribution >= 0.6 is 0 Å². The summed E-state index contributed by atoms with van der Waals surface area (Å²) in [6.07, 6.45) is 0. The second kappa shape index (κ2) is 7.51. The van der Waals surface area contributed by atoms with E-state index in [-0.39, 0.29) is 11.9 Å². The summed E-state index contributed by atoms with van der Waals surface area (Å²) in [7, 11) is 1.85. The van der Waals surface area contributed by atoms with Gasteiger partial charge in [-0.25, -0.2) is 4.98 Å². The maximum Gasteiger partial charge on any atom is 0.252 e. The number of pyridine rings is 1. The number of aromatic nitrogens is 3. The number of nitrogens with zero attached hydrogens (tertiary/aromatic N) is 3. The Balaban J connectivity index is 1.78. The number of hydrogen-bond acceptors (Lipinski definition) is 3. The van der Waals surface area contributed by atoms with Crippen molar-refractivity contribution >= 4 is 16.9 Å². The fraction of sp³-hybridized carbons (Fsp3) is 0.208. The van der Waals surface area contributed by atoms with Crippen molar-refractivity contribution < 1.29 is 4.79 Å². The van der Waals surface area contributed by atoms with Gasteiger partial charge in [0.15, 0.2) is 5.65 Å². The molecule has 1 N–H and O–H groups in total. The van der Waals surface area contributed by atoms with Crippen molar-refractivity contribution in [1.82, 2.24) is 20.1 Å². The van der Waals surface area contributed by atoms with Crippen LogP contribution in [0.4, 0.5) is 0 Å². The van der Waals surface area contributed by atoms with Gasteiger partial charge in [-0.05, 0) is 38.0 Å². The minimum absolute atomic E-state index is 0.133. The van der Waals surface area contributed by atoms with Gasteiger partial charge in [0.25, 0.3) is 5.91 Å². The zero-order chi connectivity index (χ0) is 20.5. The minimum atomic E-state index is -0.246. The lowest BCUT2D eigenvalue weighted by molar-refractivity contribution is 0.0944. The molecule has 4 aromatic rings. The van der Waals surface area contributed by atoms with Crippen LogP contribution in [0.3, 0.4) is 0 Å². The zero-order valence-electron chi connectivity index (χ0n) is 17.1. The summed E-state index contributed by atoms with van der Waals surface area (Å²) in [6.45, 7) is 5.86. The summed E-state index contributed by atoms with van der Waals surface area (Å²) in [5.74, 6) is -0.133. The Morgan fingerprint density at radius 2 is 1.62 bits per heavy atom. The van der Waals surface area contributed by atoms with Crippen LogP contribution in [0, 0.1) is 20.8 Å². The summed E-state index contributed by atoms with van der Waals surface area (Å²) >= 11 is 0. The van der Waals surface area contributed by atoms with Crippen LogP contribution in [0.2, 0.25) is 0 Å². The third kappa shape index (κ3) is 3.63. The second-order valence-corrected chi connectivity index (χ2v) is 7.45. The number of rotatable bonds is 4. The largest absolute Gasteiger partial charge is 0.341 e. The molecule has 0 saturated carbocycles. The van der Waals surface area contributed by atoms with Gasteiger partial charge in [0.1, 0.15) is 0 Å². The van der Waals surface area contributed by atoms with Crippen LogP contribution in [0.25, 0.3) is 11.0 Å². The van der Waals surface area contributed by atoms with Gasteiger partial charge in [0.2, 0.25) is 0 Å². The van der Waals surface area contributed by atoms with E-state index in [9.17, 15) is 4.79 Å². The number of nitrogens with one attached hydrogen (secondary N) is 1. The molecule has 0 fully saturated rings. The molecular weight excluding hydrogens is 360 g/mol. The molecule has 146 valence electrons. The Bertz CT molecular complexity index is 1180. The molecule has 0 aliphatic rings. The van der Waals surface area contributed by atoms with Crippen LogP contribution in [0.1, 0.15) is 44.5 Å². The summed E-state index contributed by atoms with van der Waals surface area (Å²) in [6, 6.07) is 19.9. The molecule has 0 aliphatic carbocycles. The molecule has 0 saturated heterocycles. The fourth-order valence-corrected chi connectivity index (χ4v) is 3.72. The van der Waals surface area contributed by atoms with E-state index < -0.39 is 0 Å². The molecule has 2 aromatic heterocycles. The minimum Gasteiger partial charge on any atom is -0.341 e. The van der Waals surface area contributed by atoms with E-state index in [1.54, 1.807) is 4.68 Å². The van der Waals surface area contributed by atoms with Crippen molar-refractivity contribution in [2.24, 2.45) is 7.05 Å². The average Bonchev–Trinajstić information content (AvgIpc) is 3.00. The van der Waals surface area contributed by atoms with Crippen molar-refractivity contribution in [1.29, 1.82) is 0 Å². The van der Waals surface area contributed by atoms with E-state index in [2.05, 4.69) is 46.6 Å². The van der Waals surface area contributed by atoms with Gasteiger partial charge in [-0.2, -0.15) is 5.10 Å². The van der Waals surface area contributed by atoms with Gasteiger partial charge >= 0.3 is 0 Å². The van der Waals surface area contributed by atoms with E-state index in [0.717, 1.165) is 33.5 Å². The molecule has 2 heterocycles. The molecule has 1 amide bonds. The lowest BCUT2D eigenvalue weighted by Gasteiger charge is -2.20. The molecule has 5 heteroatoms. The van der Waals surface area contributed by atoms with Crippen molar-refractivity contribution in [3.8, 4) is 0 Å². The predicted octanol–water partition coefficient (Wildman–Crippen LogP) is 4.41. The van der Waals surface area contributed by atoms with Crippen LogP contribution in [0.15, 0.2) is 60.7 Å². The third-order valence-corrected chi connectivity index (χ3v) is 5.16. The lowest BCUT2D eigenvalue weighted by Crippen LogP contribution is -2.29. The molecule has 0 radical (unpaired) electrons. The number of aryl methyl sites for hydroxylation is 4. The molecule has 4 rings (SSSR count). The van der Waals surface area contributed by atoms with Crippen molar-refractivity contribution in [2.75, 3.05) is 0 Å². The maximum absolute atomic E-state index is 13.4. The summed E-state index contributed by atoms with van der Waals surface area (Å²) < 4.78 is 1.73. The molecule has 29 heavy (non-hydrogen) atoms. The normalized spacial score (nSPS) is 12.1. The number of carbonyl (C=O) groups excluding carboxylic acids is 1. The van der Waals surface area contributed by atoms with E-state index in [4.69, 9.17) is 0 Å². The lowest BCUT2D eigenvalue weighted by atomic mass is 9.97. The first-order valence-corrected chi connectivity index (χ1v) is 9.67. The Labute approximate surface area is 170 Å². The van der Waals surface area contributed by atoms with Gasteiger partial charge in [0.05, 0.1) is 22.7 Å². The van der Waals surface area contributed by atoms with Crippen molar-refractivity contribution in [2.45, 2.75) is 26.8 Å². The van der Waals surface area contributed by atoms with Gasteiger partial charge in [0, 0.05) is 12.7 Å². The van der Waals surface area contributed by atoms with E-state index in [1.165, 1.54) is 5.56 Å². The number of fused-ring (bicyclic) bond motifs is 1. The molecule has 0 spiro atoms. The van der Waals surface area contributed by atoms with Gasteiger partial charge < -0.3 is 5.32 Å². The van der Waals surface area contributed by atoms with E-state index in [0.29, 0.717) is 5.56 Å². The number of carbonyl (C=O) groups is 1. The monoisotopic (exact) mass is 384 g/mol. The third-order valence-electron chi connectivity index (χ3n) is 5.16. The molecule has 0 bridgehead atoms. The Morgan fingerprint density at radius 3 is 2.31 bits per heavy atom. The van der Waals surface area contributed by atoms with E-state index >= 15 is 0 Å². The highest BCUT2D eigenvalue weighted by atomic mass is 16.1. The summed E-state index contributed by atoms with van der Waals surface area (Å²) in [4.78, 5) is 18.0. The van der Waals surface area contributed by atoms with Crippen LogP contribution in [-0.4, -0.2) is 20.7 Å². The summed E-state index contributed by atoms with van der Waals surface area (Å²) in [5, 5.41) is 8.49. The SMILES string of the molecule is Cc1ccc(C(NC(=O)c2cc(C)nc3c2c(C)nn3C)c2ccccc2)cc1. The fourth-order valence-electron chi connectivity index (χ4n) is 3.72. The van der Waals surface area contributed by atoms with Crippen LogP contribution < -0.4 is 5.32 Å². The van der Waals surface area contributed by atoms with Gasteiger partial charge in [-0.1, -0.05) is 60.2 Å². The first-order chi connectivity index (χ1) is 13.9. The van der Waals surface area contributed by atoms with Crippen LogP contribution in [0.5, 0.6) is 0 Å². The first-order valence-electron chi connectivity index (χ1n) is 9.67. The Kier molecular flexibility index (Phi) is 4.89. The smallest absolute Gasteiger partial charge is 0.252 e. The van der Waals surface area contributed by atoms with Crippen LogP contribution in [-0.2, 0) is 7.05 Å². The highest BCUT2D eigenvalue weighted by molar-refractivity contribution is 6.06. The second-order valence-electron chi connectivity index (χ2n) is 7.45. The molecule has 1 atom stereocenters. The molecule has 2 aromatic carbocycles. The standard InChI is InChI=1S/C24H24N4O/c1-15-10-12-19(13-11-15)22(18-8-6-5-7-9-18)26-24(29)20-14-16(2)25-23-21(20)17(3)27-28(23)4/h5-14,22H,1-4H3,(H,26,29). The van der Waals surface area contributed by atoms with Gasteiger partial charge in [-0.3, -0.25) is 9.48 Å².